The number of hydrogen-bond acceptors (Lipinski definition) is 4. The Hall–Kier alpha value is -1.40. The molecule has 1 aromatic carbocycles. The minimum absolute atomic E-state index is 0.270. The highest BCUT2D eigenvalue weighted by molar-refractivity contribution is 9.10. The first kappa shape index (κ1) is 12.1. The minimum Gasteiger partial charge on any atom is -0.478 e. The Morgan fingerprint density at radius 1 is 1.18 bits per heavy atom. The summed E-state index contributed by atoms with van der Waals surface area (Å²) in [4.78, 5) is 19.8. The van der Waals surface area contributed by atoms with Gasteiger partial charge < -0.3 is 5.11 Å². The number of aromatic carboxylic acids is 1. The summed E-state index contributed by atoms with van der Waals surface area (Å²) in [5.74, 6) is -0.929. The van der Waals surface area contributed by atoms with Crippen LogP contribution in [-0.4, -0.2) is 21.0 Å². The van der Waals surface area contributed by atoms with Crippen LogP contribution in [0.4, 0.5) is 0 Å². The van der Waals surface area contributed by atoms with E-state index in [1.165, 1.54) is 11.8 Å². The number of halogens is 1. The second-order valence-corrected chi connectivity index (χ2v) is 5.07. The van der Waals surface area contributed by atoms with Crippen LogP contribution < -0.4 is 0 Å². The highest BCUT2D eigenvalue weighted by atomic mass is 79.9. The van der Waals surface area contributed by atoms with Gasteiger partial charge in [0.15, 0.2) is 5.16 Å². The molecule has 0 amide bonds. The molecule has 1 heterocycles. The number of carboxylic acids is 1. The predicted octanol–water partition coefficient (Wildman–Crippen LogP) is 3.09. The van der Waals surface area contributed by atoms with Gasteiger partial charge in [0.05, 0.1) is 10.0 Å². The lowest BCUT2D eigenvalue weighted by atomic mass is 10.2. The average molecular weight is 311 g/mol. The Morgan fingerprint density at radius 2 is 1.76 bits per heavy atom. The molecule has 0 bridgehead atoms. The van der Waals surface area contributed by atoms with Crippen LogP contribution in [0.5, 0.6) is 0 Å². The van der Waals surface area contributed by atoms with Crippen molar-refractivity contribution in [3.63, 3.8) is 0 Å². The van der Waals surface area contributed by atoms with E-state index >= 15 is 0 Å². The first-order valence-electron chi connectivity index (χ1n) is 4.64. The summed E-state index contributed by atoms with van der Waals surface area (Å²) in [6.45, 7) is 0. The zero-order valence-electron chi connectivity index (χ0n) is 8.50. The van der Waals surface area contributed by atoms with Crippen molar-refractivity contribution in [1.29, 1.82) is 0 Å². The molecule has 0 fully saturated rings. The Morgan fingerprint density at radius 3 is 2.29 bits per heavy atom. The molecule has 0 spiro atoms. The van der Waals surface area contributed by atoms with Crippen LogP contribution in [0.3, 0.4) is 0 Å². The molecular formula is C11H7BrN2O2S. The fourth-order valence-corrected chi connectivity index (χ4v) is 2.02. The van der Waals surface area contributed by atoms with Gasteiger partial charge in [-0.2, -0.15) is 0 Å². The number of nitrogens with zero attached hydrogens (tertiary/aromatic N) is 2. The third-order valence-electron chi connectivity index (χ3n) is 1.91. The average Bonchev–Trinajstić information content (AvgIpc) is 2.33. The van der Waals surface area contributed by atoms with Crippen molar-refractivity contribution < 1.29 is 9.90 Å². The highest BCUT2D eigenvalue weighted by Gasteiger charge is 2.04. The Bertz CT molecular complexity index is 528. The number of carboxylic acid groups (broad SMARTS) is 1. The summed E-state index contributed by atoms with van der Waals surface area (Å²) >= 11 is 4.64. The van der Waals surface area contributed by atoms with Crippen LogP contribution in [0.1, 0.15) is 10.4 Å². The maximum Gasteiger partial charge on any atom is 0.335 e. The first-order chi connectivity index (χ1) is 8.15. The summed E-state index contributed by atoms with van der Waals surface area (Å²) < 4.78 is 0.822. The van der Waals surface area contributed by atoms with Gasteiger partial charge in [0, 0.05) is 17.3 Å². The van der Waals surface area contributed by atoms with Crippen molar-refractivity contribution in [3.05, 3.63) is 46.7 Å². The van der Waals surface area contributed by atoms with E-state index in [0.29, 0.717) is 5.16 Å². The van der Waals surface area contributed by atoms with Crippen molar-refractivity contribution in [3.8, 4) is 0 Å². The lowest BCUT2D eigenvalue weighted by Crippen LogP contribution is -1.94. The van der Waals surface area contributed by atoms with Crippen LogP contribution >= 0.6 is 27.7 Å². The summed E-state index contributed by atoms with van der Waals surface area (Å²) in [5.41, 5.74) is 0.270. The summed E-state index contributed by atoms with van der Waals surface area (Å²) in [5, 5.41) is 9.38. The van der Waals surface area contributed by atoms with Crippen molar-refractivity contribution in [1.82, 2.24) is 9.97 Å². The zero-order valence-corrected chi connectivity index (χ0v) is 10.9. The van der Waals surface area contributed by atoms with Crippen LogP contribution in [-0.2, 0) is 0 Å². The highest BCUT2D eigenvalue weighted by Crippen LogP contribution is 2.24. The molecule has 0 atom stereocenters. The first-order valence-corrected chi connectivity index (χ1v) is 6.25. The molecule has 0 aliphatic carbocycles. The molecule has 6 heteroatoms. The van der Waals surface area contributed by atoms with Crippen LogP contribution in [0.2, 0.25) is 0 Å². The van der Waals surface area contributed by atoms with Gasteiger partial charge in [-0.3, -0.25) is 0 Å². The van der Waals surface area contributed by atoms with Crippen molar-refractivity contribution in [2.75, 3.05) is 0 Å². The lowest BCUT2D eigenvalue weighted by molar-refractivity contribution is 0.0697. The van der Waals surface area contributed by atoms with Gasteiger partial charge in [-0.1, -0.05) is 0 Å². The molecule has 0 aliphatic rings. The predicted molar refractivity (Wildman–Crippen MR) is 67.3 cm³/mol. The summed E-state index contributed by atoms with van der Waals surface area (Å²) in [7, 11) is 0. The molecule has 4 nitrogen and oxygen atoms in total. The number of hydrogen-bond donors (Lipinski definition) is 1. The molecule has 0 saturated carbocycles. The minimum atomic E-state index is -0.929. The monoisotopic (exact) mass is 310 g/mol. The number of rotatable bonds is 3. The molecule has 86 valence electrons. The number of aromatic nitrogens is 2. The molecule has 0 saturated heterocycles. The van der Waals surface area contributed by atoms with Crippen LogP contribution in [0.25, 0.3) is 0 Å². The van der Waals surface area contributed by atoms with Crippen molar-refractivity contribution >= 4 is 33.7 Å². The van der Waals surface area contributed by atoms with Gasteiger partial charge in [-0.15, -0.1) is 0 Å². The van der Waals surface area contributed by atoms with E-state index < -0.39 is 5.97 Å². The molecule has 2 aromatic rings. The van der Waals surface area contributed by atoms with E-state index in [2.05, 4.69) is 25.9 Å². The number of carbonyl (C=O) groups is 1. The SMILES string of the molecule is O=C(O)c1ccc(Sc2ncc(Br)cn2)cc1. The third-order valence-corrected chi connectivity index (χ3v) is 3.22. The largest absolute Gasteiger partial charge is 0.478 e. The van der Waals surface area contributed by atoms with E-state index in [4.69, 9.17) is 5.11 Å². The summed E-state index contributed by atoms with van der Waals surface area (Å²) in [6.07, 6.45) is 3.34. The normalized spacial score (nSPS) is 10.2. The quantitative estimate of drug-likeness (QED) is 0.883. The van der Waals surface area contributed by atoms with E-state index in [1.54, 1.807) is 36.7 Å². The summed E-state index contributed by atoms with van der Waals surface area (Å²) in [6, 6.07) is 6.59. The second kappa shape index (κ2) is 5.29. The number of benzene rings is 1. The third kappa shape index (κ3) is 3.28. The maximum absolute atomic E-state index is 10.7. The van der Waals surface area contributed by atoms with Gasteiger partial charge in [-0.05, 0) is 52.0 Å². The Balaban J connectivity index is 2.13. The van der Waals surface area contributed by atoms with Crippen LogP contribution in [0.15, 0.2) is 51.2 Å². The van der Waals surface area contributed by atoms with Gasteiger partial charge >= 0.3 is 5.97 Å². The second-order valence-electron chi connectivity index (χ2n) is 3.12. The van der Waals surface area contributed by atoms with Crippen LogP contribution in [0, 0.1) is 0 Å². The maximum atomic E-state index is 10.7. The van der Waals surface area contributed by atoms with E-state index in [9.17, 15) is 4.79 Å². The van der Waals surface area contributed by atoms with Gasteiger partial charge in [-0.25, -0.2) is 14.8 Å². The van der Waals surface area contributed by atoms with Gasteiger partial charge in [0.2, 0.25) is 0 Å². The molecule has 0 radical (unpaired) electrons. The molecule has 2 rings (SSSR count). The molecule has 1 N–H and O–H groups in total. The van der Waals surface area contributed by atoms with E-state index in [1.807, 2.05) is 0 Å². The molecule has 1 aromatic heterocycles. The van der Waals surface area contributed by atoms with Gasteiger partial charge in [0.25, 0.3) is 0 Å². The standard InChI is InChI=1S/C11H7BrN2O2S/c12-8-5-13-11(14-6-8)17-9-3-1-7(2-4-9)10(15)16/h1-6H,(H,15,16). The Labute approximate surface area is 110 Å². The molecule has 0 unspecified atom stereocenters. The zero-order chi connectivity index (χ0) is 12.3. The fourth-order valence-electron chi connectivity index (χ4n) is 1.12. The van der Waals surface area contributed by atoms with E-state index in [-0.39, 0.29) is 5.56 Å². The topological polar surface area (TPSA) is 63.1 Å². The fraction of sp³-hybridized carbons (Fsp3) is 0. The molecule has 17 heavy (non-hydrogen) atoms. The van der Waals surface area contributed by atoms with Crippen molar-refractivity contribution in [2.24, 2.45) is 0 Å². The molecular weight excluding hydrogens is 304 g/mol. The lowest BCUT2D eigenvalue weighted by Gasteiger charge is -2.00. The van der Waals surface area contributed by atoms with Gasteiger partial charge in [0.1, 0.15) is 0 Å². The smallest absolute Gasteiger partial charge is 0.335 e. The molecule has 0 aliphatic heterocycles. The van der Waals surface area contributed by atoms with Crippen molar-refractivity contribution in [2.45, 2.75) is 10.1 Å². The van der Waals surface area contributed by atoms with E-state index in [0.717, 1.165) is 9.37 Å². The Kier molecular flexibility index (Phi) is 3.75.